The molecule has 0 atom stereocenters. The molecule has 2 aromatic carbocycles. The average molecular weight is 372 g/mol. The van der Waals surface area contributed by atoms with Gasteiger partial charge >= 0.3 is 0 Å². The Balaban J connectivity index is 1.55. The third-order valence-corrected chi connectivity index (χ3v) is 4.50. The van der Waals surface area contributed by atoms with Crippen molar-refractivity contribution in [1.29, 1.82) is 0 Å². The first-order valence-electron chi connectivity index (χ1n) is 8.26. The molecule has 134 valence electrons. The van der Waals surface area contributed by atoms with E-state index in [1.54, 1.807) is 53.4 Å². The van der Waals surface area contributed by atoms with E-state index < -0.39 is 11.8 Å². The number of nitrogens with zero attached hydrogens (tertiary/aromatic N) is 1. The molecule has 26 heavy (non-hydrogen) atoms. The molecule has 0 unspecified atom stereocenters. The van der Waals surface area contributed by atoms with Crippen LogP contribution in [0.4, 0.5) is 0 Å². The van der Waals surface area contributed by atoms with E-state index in [4.69, 9.17) is 11.6 Å². The molecule has 0 aromatic heterocycles. The van der Waals surface area contributed by atoms with E-state index in [2.05, 4.69) is 10.9 Å². The Bertz CT molecular complexity index is 836. The van der Waals surface area contributed by atoms with Gasteiger partial charge in [-0.2, -0.15) is 0 Å². The molecule has 0 bridgehead atoms. The fourth-order valence-electron chi connectivity index (χ4n) is 2.75. The standard InChI is InChI=1S/C19H18ClN3O3/c20-16-5-2-1-4-15(16)19(26)22-21-18(25)14-9-7-13(8-10-14)12-23-11-3-6-17(23)24/h1-2,4-5,7-10H,3,6,11-12H2,(H,21,25)(H,22,26). The maximum absolute atomic E-state index is 12.1. The van der Waals surface area contributed by atoms with Gasteiger partial charge in [0.25, 0.3) is 11.8 Å². The number of hydrogen-bond acceptors (Lipinski definition) is 3. The van der Waals surface area contributed by atoms with Crippen molar-refractivity contribution >= 4 is 29.3 Å². The van der Waals surface area contributed by atoms with Gasteiger partial charge in [0, 0.05) is 25.1 Å². The lowest BCUT2D eigenvalue weighted by Gasteiger charge is -2.15. The van der Waals surface area contributed by atoms with Crippen LogP contribution in [0.2, 0.25) is 5.02 Å². The zero-order chi connectivity index (χ0) is 18.5. The van der Waals surface area contributed by atoms with Crippen LogP contribution in [0, 0.1) is 0 Å². The predicted molar refractivity (Wildman–Crippen MR) is 97.5 cm³/mol. The van der Waals surface area contributed by atoms with E-state index in [1.165, 1.54) is 0 Å². The van der Waals surface area contributed by atoms with E-state index in [0.717, 1.165) is 18.5 Å². The van der Waals surface area contributed by atoms with E-state index in [-0.39, 0.29) is 11.5 Å². The Hall–Kier alpha value is -2.86. The highest BCUT2D eigenvalue weighted by Crippen LogP contribution is 2.15. The molecule has 6 nitrogen and oxygen atoms in total. The Morgan fingerprint density at radius 1 is 1.00 bits per heavy atom. The lowest BCUT2D eigenvalue weighted by Crippen LogP contribution is -2.41. The number of likely N-dealkylation sites (tertiary alicyclic amines) is 1. The highest BCUT2D eigenvalue weighted by molar-refractivity contribution is 6.33. The van der Waals surface area contributed by atoms with Gasteiger partial charge in [0.05, 0.1) is 10.6 Å². The Labute approximate surface area is 156 Å². The number of halogens is 1. The smallest absolute Gasteiger partial charge is 0.271 e. The minimum Gasteiger partial charge on any atom is -0.338 e. The van der Waals surface area contributed by atoms with Crippen molar-refractivity contribution in [2.75, 3.05) is 6.54 Å². The largest absolute Gasteiger partial charge is 0.338 e. The van der Waals surface area contributed by atoms with Crippen molar-refractivity contribution in [2.45, 2.75) is 19.4 Å². The van der Waals surface area contributed by atoms with Gasteiger partial charge in [-0.25, -0.2) is 0 Å². The van der Waals surface area contributed by atoms with E-state index in [0.29, 0.717) is 23.6 Å². The summed E-state index contributed by atoms with van der Waals surface area (Å²) in [5, 5.41) is 0.306. The van der Waals surface area contributed by atoms with Crippen LogP contribution < -0.4 is 10.9 Å². The summed E-state index contributed by atoms with van der Waals surface area (Å²) in [5.41, 5.74) is 6.34. The number of amides is 3. The third-order valence-electron chi connectivity index (χ3n) is 4.17. The molecular weight excluding hydrogens is 354 g/mol. The Kier molecular flexibility index (Phi) is 5.53. The molecule has 1 fully saturated rings. The normalized spacial score (nSPS) is 13.6. The first-order valence-corrected chi connectivity index (χ1v) is 8.64. The van der Waals surface area contributed by atoms with Crippen LogP contribution in [-0.4, -0.2) is 29.2 Å². The Morgan fingerprint density at radius 3 is 2.35 bits per heavy atom. The molecule has 2 aromatic rings. The maximum Gasteiger partial charge on any atom is 0.271 e. The van der Waals surface area contributed by atoms with E-state index in [1.807, 2.05) is 0 Å². The number of nitrogens with one attached hydrogen (secondary N) is 2. The van der Waals surface area contributed by atoms with E-state index in [9.17, 15) is 14.4 Å². The van der Waals surface area contributed by atoms with Crippen molar-refractivity contribution in [3.8, 4) is 0 Å². The summed E-state index contributed by atoms with van der Waals surface area (Å²) in [6.07, 6.45) is 1.50. The summed E-state index contributed by atoms with van der Waals surface area (Å²) in [4.78, 5) is 37.6. The topological polar surface area (TPSA) is 78.5 Å². The van der Waals surface area contributed by atoms with Crippen LogP contribution in [0.3, 0.4) is 0 Å². The van der Waals surface area contributed by atoms with Gasteiger partial charge in [0.15, 0.2) is 0 Å². The first kappa shape index (κ1) is 17.9. The Morgan fingerprint density at radius 2 is 1.69 bits per heavy atom. The average Bonchev–Trinajstić information content (AvgIpc) is 3.05. The van der Waals surface area contributed by atoms with Crippen LogP contribution >= 0.6 is 11.6 Å². The highest BCUT2D eigenvalue weighted by Gasteiger charge is 2.20. The van der Waals surface area contributed by atoms with Crippen molar-refractivity contribution in [3.63, 3.8) is 0 Å². The van der Waals surface area contributed by atoms with Crippen molar-refractivity contribution in [3.05, 3.63) is 70.2 Å². The molecule has 7 heteroatoms. The molecule has 1 aliphatic heterocycles. The molecule has 0 aliphatic carbocycles. The summed E-state index contributed by atoms with van der Waals surface area (Å²) >= 11 is 5.95. The summed E-state index contributed by atoms with van der Waals surface area (Å²) in [5.74, 6) is -0.767. The number of benzene rings is 2. The third kappa shape index (κ3) is 4.21. The van der Waals surface area contributed by atoms with Crippen molar-refractivity contribution in [1.82, 2.24) is 15.8 Å². The van der Waals surface area contributed by atoms with Gasteiger partial charge in [-0.1, -0.05) is 35.9 Å². The van der Waals surface area contributed by atoms with Crippen LogP contribution in [0.1, 0.15) is 39.1 Å². The molecule has 3 amide bonds. The van der Waals surface area contributed by atoms with Crippen LogP contribution in [0.15, 0.2) is 48.5 Å². The van der Waals surface area contributed by atoms with Gasteiger partial charge < -0.3 is 4.90 Å². The lowest BCUT2D eigenvalue weighted by atomic mass is 10.1. The van der Waals surface area contributed by atoms with Gasteiger partial charge in [-0.15, -0.1) is 0 Å². The van der Waals surface area contributed by atoms with Gasteiger partial charge in [-0.3, -0.25) is 25.2 Å². The number of carbonyl (C=O) groups is 3. The number of hydrogen-bond donors (Lipinski definition) is 2. The maximum atomic E-state index is 12.1. The molecule has 1 saturated heterocycles. The molecule has 1 heterocycles. The fourth-order valence-corrected chi connectivity index (χ4v) is 2.97. The van der Waals surface area contributed by atoms with Crippen LogP contribution in [0.5, 0.6) is 0 Å². The second-order valence-electron chi connectivity index (χ2n) is 6.00. The van der Waals surface area contributed by atoms with Crippen molar-refractivity contribution < 1.29 is 14.4 Å². The molecule has 0 spiro atoms. The molecular formula is C19H18ClN3O3. The van der Waals surface area contributed by atoms with Crippen LogP contribution in [0.25, 0.3) is 0 Å². The molecule has 2 N–H and O–H groups in total. The predicted octanol–water partition coefficient (Wildman–Crippen LogP) is 2.54. The number of hydrazine groups is 1. The number of carbonyl (C=O) groups excluding carboxylic acids is 3. The second kappa shape index (κ2) is 8.01. The van der Waals surface area contributed by atoms with Gasteiger partial charge in [-0.05, 0) is 36.2 Å². The summed E-state index contributed by atoms with van der Waals surface area (Å²) in [6, 6.07) is 13.5. The molecule has 0 saturated carbocycles. The SMILES string of the molecule is O=C(NNC(=O)c1ccccc1Cl)c1ccc(CN2CCCC2=O)cc1. The van der Waals surface area contributed by atoms with Crippen LogP contribution in [-0.2, 0) is 11.3 Å². The lowest BCUT2D eigenvalue weighted by molar-refractivity contribution is -0.128. The molecule has 0 radical (unpaired) electrons. The minimum atomic E-state index is -0.492. The summed E-state index contributed by atoms with van der Waals surface area (Å²) in [7, 11) is 0. The first-order chi connectivity index (χ1) is 12.5. The molecule has 1 aliphatic rings. The quantitative estimate of drug-likeness (QED) is 0.811. The van der Waals surface area contributed by atoms with Gasteiger partial charge in [0.2, 0.25) is 5.91 Å². The molecule has 3 rings (SSSR count). The fraction of sp³-hybridized carbons (Fsp3) is 0.211. The second-order valence-corrected chi connectivity index (χ2v) is 6.41. The zero-order valence-corrected chi connectivity index (χ0v) is 14.8. The van der Waals surface area contributed by atoms with E-state index >= 15 is 0 Å². The summed E-state index contributed by atoms with van der Waals surface area (Å²) in [6.45, 7) is 1.32. The zero-order valence-electron chi connectivity index (χ0n) is 14.0. The van der Waals surface area contributed by atoms with Gasteiger partial charge in [0.1, 0.15) is 0 Å². The number of rotatable bonds is 4. The minimum absolute atomic E-state index is 0.161. The monoisotopic (exact) mass is 371 g/mol. The summed E-state index contributed by atoms with van der Waals surface area (Å²) < 4.78 is 0. The van der Waals surface area contributed by atoms with Crippen molar-refractivity contribution in [2.24, 2.45) is 0 Å². The highest BCUT2D eigenvalue weighted by atomic mass is 35.5.